The van der Waals surface area contributed by atoms with Crippen LogP contribution in [0.25, 0.3) is 6.08 Å². The third kappa shape index (κ3) is 5.29. The molecule has 1 aromatic rings. The van der Waals surface area contributed by atoms with E-state index in [0.29, 0.717) is 18.0 Å². The topological polar surface area (TPSA) is 43.8 Å². The van der Waals surface area contributed by atoms with E-state index < -0.39 is 0 Å². The number of nitrogens with zero attached hydrogens (tertiary/aromatic N) is 2. The Balaban J connectivity index is 2.51. The first-order valence-corrected chi connectivity index (χ1v) is 10.5. The zero-order chi connectivity index (χ0) is 20.6. The van der Waals surface area contributed by atoms with E-state index >= 15 is 0 Å². The number of phenols is 1. The summed E-state index contributed by atoms with van der Waals surface area (Å²) in [6, 6.07) is 4.12. The van der Waals surface area contributed by atoms with E-state index in [-0.39, 0.29) is 16.7 Å². The van der Waals surface area contributed by atoms with Gasteiger partial charge in [-0.15, -0.1) is 0 Å². The van der Waals surface area contributed by atoms with Crippen molar-refractivity contribution in [2.75, 3.05) is 32.9 Å². The van der Waals surface area contributed by atoms with Gasteiger partial charge in [0.25, 0.3) is 0 Å². The standard InChI is InChI=1S/C22H34N2O2S/c1-21(2,3)16-11-15(12-17(20(16)26)22(4,5)6)13-19-24(10-9-23(7)8)18(25)14-27-19/h11-13,26H,9-10,14H2,1-8H3. The highest BCUT2D eigenvalue weighted by Gasteiger charge is 2.29. The lowest BCUT2D eigenvalue weighted by atomic mass is 9.78. The van der Waals surface area contributed by atoms with Crippen LogP contribution in [0.5, 0.6) is 5.75 Å². The first kappa shape index (κ1) is 21.8. The average molecular weight is 391 g/mol. The van der Waals surface area contributed by atoms with Gasteiger partial charge in [0.1, 0.15) is 5.75 Å². The summed E-state index contributed by atoms with van der Waals surface area (Å²) in [6.45, 7) is 14.2. The Morgan fingerprint density at radius 3 is 2.07 bits per heavy atom. The molecule has 5 heteroatoms. The molecule has 1 heterocycles. The Morgan fingerprint density at radius 2 is 1.63 bits per heavy atom. The Hall–Kier alpha value is -1.46. The van der Waals surface area contributed by atoms with Crippen molar-refractivity contribution in [3.05, 3.63) is 33.9 Å². The zero-order valence-electron chi connectivity index (χ0n) is 18.0. The second-order valence-corrected chi connectivity index (χ2v) is 10.6. The minimum Gasteiger partial charge on any atom is -0.507 e. The maximum Gasteiger partial charge on any atom is 0.237 e. The molecule has 150 valence electrons. The predicted octanol–water partition coefficient (Wildman–Crippen LogP) is 4.42. The summed E-state index contributed by atoms with van der Waals surface area (Å²) in [5.74, 6) is 1.05. The SMILES string of the molecule is CN(C)CCN1C(=O)CSC1=Cc1cc(C(C)(C)C)c(O)c(C(C)(C)C)c1. The number of carbonyl (C=O) groups excluding carboxylic acids is 1. The van der Waals surface area contributed by atoms with Gasteiger partial charge >= 0.3 is 0 Å². The molecule has 0 saturated carbocycles. The van der Waals surface area contributed by atoms with Gasteiger partial charge in [0.15, 0.2) is 0 Å². The van der Waals surface area contributed by atoms with Gasteiger partial charge in [-0.2, -0.15) is 0 Å². The van der Waals surface area contributed by atoms with Crippen LogP contribution in [0.15, 0.2) is 17.2 Å². The molecule has 0 bridgehead atoms. The highest BCUT2D eigenvalue weighted by atomic mass is 32.2. The smallest absolute Gasteiger partial charge is 0.237 e. The van der Waals surface area contributed by atoms with E-state index in [1.54, 1.807) is 11.8 Å². The summed E-state index contributed by atoms with van der Waals surface area (Å²) >= 11 is 1.59. The molecule has 27 heavy (non-hydrogen) atoms. The minimum atomic E-state index is -0.165. The fraction of sp³-hybridized carbons (Fsp3) is 0.591. The first-order valence-electron chi connectivity index (χ1n) is 9.48. The Kier molecular flexibility index (Phi) is 6.37. The largest absolute Gasteiger partial charge is 0.507 e. The van der Waals surface area contributed by atoms with Crippen molar-refractivity contribution in [1.29, 1.82) is 0 Å². The number of hydrogen-bond acceptors (Lipinski definition) is 4. The number of phenolic OH excluding ortho intramolecular Hbond substituents is 1. The molecular formula is C22H34N2O2S. The predicted molar refractivity (Wildman–Crippen MR) is 116 cm³/mol. The molecule has 0 aliphatic carbocycles. The van der Waals surface area contributed by atoms with Crippen LogP contribution in [-0.4, -0.2) is 53.8 Å². The lowest BCUT2D eigenvalue weighted by Gasteiger charge is -2.28. The number of amides is 1. The van der Waals surface area contributed by atoms with Crippen molar-refractivity contribution in [3.63, 3.8) is 0 Å². The van der Waals surface area contributed by atoms with Crippen molar-refractivity contribution in [2.45, 2.75) is 52.4 Å². The highest BCUT2D eigenvalue weighted by Crippen LogP contribution is 2.41. The molecule has 0 spiro atoms. The molecule has 0 aromatic heterocycles. The normalized spacial score (nSPS) is 17.4. The molecule has 1 aromatic carbocycles. The van der Waals surface area contributed by atoms with Crippen LogP contribution in [0, 0.1) is 0 Å². The molecule has 1 saturated heterocycles. The van der Waals surface area contributed by atoms with Crippen molar-refractivity contribution in [3.8, 4) is 5.75 Å². The van der Waals surface area contributed by atoms with E-state index in [0.717, 1.165) is 28.3 Å². The van der Waals surface area contributed by atoms with Gasteiger partial charge in [-0.3, -0.25) is 4.79 Å². The minimum absolute atomic E-state index is 0.165. The quantitative estimate of drug-likeness (QED) is 0.826. The Bertz CT molecular complexity index is 705. The van der Waals surface area contributed by atoms with Crippen molar-refractivity contribution < 1.29 is 9.90 Å². The first-order chi connectivity index (χ1) is 12.3. The van der Waals surface area contributed by atoms with Gasteiger partial charge in [-0.1, -0.05) is 53.3 Å². The number of benzene rings is 1. The van der Waals surface area contributed by atoms with Gasteiger partial charge in [-0.25, -0.2) is 0 Å². The van der Waals surface area contributed by atoms with Crippen molar-refractivity contribution >= 4 is 23.7 Å². The van der Waals surface area contributed by atoms with Crippen LogP contribution in [0.2, 0.25) is 0 Å². The van der Waals surface area contributed by atoms with Crippen LogP contribution < -0.4 is 0 Å². The van der Waals surface area contributed by atoms with E-state index in [9.17, 15) is 9.90 Å². The molecular weight excluding hydrogens is 356 g/mol. The van der Waals surface area contributed by atoms with Gasteiger partial charge < -0.3 is 14.9 Å². The van der Waals surface area contributed by atoms with Gasteiger partial charge in [0.2, 0.25) is 5.91 Å². The maximum absolute atomic E-state index is 12.3. The van der Waals surface area contributed by atoms with Gasteiger partial charge in [0, 0.05) is 24.2 Å². The summed E-state index contributed by atoms with van der Waals surface area (Å²) in [7, 11) is 4.03. The lowest BCUT2D eigenvalue weighted by molar-refractivity contribution is -0.125. The number of rotatable bonds is 4. The van der Waals surface area contributed by atoms with Gasteiger partial charge in [0.05, 0.1) is 10.8 Å². The number of likely N-dealkylation sites (N-methyl/N-ethyl adjacent to an activating group) is 1. The Labute approximate surface area is 168 Å². The molecule has 1 N–H and O–H groups in total. The van der Waals surface area contributed by atoms with Gasteiger partial charge in [-0.05, 0) is 48.7 Å². The molecule has 1 fully saturated rings. The Morgan fingerprint density at radius 1 is 1.11 bits per heavy atom. The number of aromatic hydroxyl groups is 1. The van der Waals surface area contributed by atoms with Crippen LogP contribution >= 0.6 is 11.8 Å². The zero-order valence-corrected chi connectivity index (χ0v) is 18.8. The fourth-order valence-electron chi connectivity index (χ4n) is 3.10. The second-order valence-electron chi connectivity index (χ2n) is 9.58. The van der Waals surface area contributed by atoms with Crippen molar-refractivity contribution in [1.82, 2.24) is 9.80 Å². The molecule has 0 radical (unpaired) electrons. The molecule has 1 amide bonds. The third-order valence-corrected chi connectivity index (χ3v) is 5.75. The van der Waals surface area contributed by atoms with Crippen LogP contribution in [0.1, 0.15) is 58.2 Å². The lowest BCUT2D eigenvalue weighted by Crippen LogP contribution is -2.32. The summed E-state index contributed by atoms with van der Waals surface area (Å²) in [6.07, 6.45) is 2.09. The number of thioether (sulfide) groups is 1. The molecule has 0 atom stereocenters. The molecule has 0 unspecified atom stereocenters. The average Bonchev–Trinajstić information content (AvgIpc) is 2.84. The molecule has 4 nitrogen and oxygen atoms in total. The molecule has 2 rings (SSSR count). The monoisotopic (exact) mass is 390 g/mol. The summed E-state index contributed by atoms with van der Waals surface area (Å²) in [4.78, 5) is 16.3. The van der Waals surface area contributed by atoms with Crippen LogP contribution in [0.4, 0.5) is 0 Å². The van der Waals surface area contributed by atoms with E-state index in [1.165, 1.54) is 0 Å². The van der Waals surface area contributed by atoms with E-state index in [2.05, 4.69) is 64.7 Å². The summed E-state index contributed by atoms with van der Waals surface area (Å²) in [5.41, 5.74) is 2.59. The van der Waals surface area contributed by atoms with Crippen LogP contribution in [0.3, 0.4) is 0 Å². The number of carbonyl (C=O) groups is 1. The van der Waals surface area contributed by atoms with E-state index in [1.807, 2.05) is 19.0 Å². The van der Waals surface area contributed by atoms with E-state index in [4.69, 9.17) is 0 Å². The van der Waals surface area contributed by atoms with Crippen molar-refractivity contribution in [2.24, 2.45) is 0 Å². The maximum atomic E-state index is 12.3. The summed E-state index contributed by atoms with van der Waals surface area (Å²) in [5, 5.41) is 11.9. The molecule has 1 aliphatic heterocycles. The third-order valence-electron chi connectivity index (χ3n) is 4.72. The fourth-order valence-corrected chi connectivity index (χ4v) is 4.09. The summed E-state index contributed by atoms with van der Waals surface area (Å²) < 4.78 is 0. The second kappa shape index (κ2) is 7.88. The van der Waals surface area contributed by atoms with Crippen LogP contribution in [-0.2, 0) is 15.6 Å². The molecule has 1 aliphatic rings. The highest BCUT2D eigenvalue weighted by molar-refractivity contribution is 8.04. The number of hydrogen-bond donors (Lipinski definition) is 1.